The number of fused-ring (bicyclic) bond motifs is 1. The summed E-state index contributed by atoms with van der Waals surface area (Å²) >= 11 is 3.17. The highest BCUT2D eigenvalue weighted by molar-refractivity contribution is 9.10. The molecule has 7 heteroatoms. The second-order valence-electron chi connectivity index (χ2n) is 3.89. The standard InChI is InChI=1S/C12H7BrN2O4/c1-5-14-7-3-2-6(4-8(7)18-5)11-9(13)10(12(16)17)15-19-11/h2-4H,1H3,(H,16,17). The zero-order chi connectivity index (χ0) is 13.6. The van der Waals surface area contributed by atoms with Gasteiger partial charge in [-0.15, -0.1) is 0 Å². The molecule has 0 atom stereocenters. The third-order valence-corrected chi connectivity index (χ3v) is 3.33. The number of halogens is 1. The van der Waals surface area contributed by atoms with E-state index in [4.69, 9.17) is 14.0 Å². The normalized spacial score (nSPS) is 11.1. The van der Waals surface area contributed by atoms with Gasteiger partial charge in [0.2, 0.25) is 5.69 Å². The van der Waals surface area contributed by atoms with Crippen LogP contribution in [0.25, 0.3) is 22.4 Å². The van der Waals surface area contributed by atoms with Crippen molar-refractivity contribution < 1.29 is 18.8 Å². The van der Waals surface area contributed by atoms with Gasteiger partial charge in [0, 0.05) is 12.5 Å². The molecule has 2 aromatic heterocycles. The van der Waals surface area contributed by atoms with Gasteiger partial charge in [-0.25, -0.2) is 9.78 Å². The Hall–Kier alpha value is -2.15. The monoisotopic (exact) mass is 322 g/mol. The lowest BCUT2D eigenvalue weighted by Gasteiger charge is -1.95. The zero-order valence-corrected chi connectivity index (χ0v) is 11.3. The smallest absolute Gasteiger partial charge is 0.359 e. The minimum absolute atomic E-state index is 0.163. The molecule has 0 aliphatic heterocycles. The van der Waals surface area contributed by atoms with Crippen LogP contribution in [0.5, 0.6) is 0 Å². The largest absolute Gasteiger partial charge is 0.476 e. The van der Waals surface area contributed by atoms with Gasteiger partial charge in [-0.2, -0.15) is 0 Å². The van der Waals surface area contributed by atoms with Gasteiger partial charge in [-0.1, -0.05) is 5.16 Å². The Morgan fingerprint density at radius 2 is 2.21 bits per heavy atom. The van der Waals surface area contributed by atoms with Gasteiger partial charge in [0.05, 0.1) is 0 Å². The molecule has 96 valence electrons. The van der Waals surface area contributed by atoms with Gasteiger partial charge in [0.1, 0.15) is 9.99 Å². The van der Waals surface area contributed by atoms with Gasteiger partial charge in [0.15, 0.2) is 17.2 Å². The molecule has 0 aliphatic carbocycles. The molecule has 3 rings (SSSR count). The number of aromatic nitrogens is 2. The van der Waals surface area contributed by atoms with Crippen LogP contribution >= 0.6 is 15.9 Å². The number of nitrogens with zero attached hydrogens (tertiary/aromatic N) is 2. The second kappa shape index (κ2) is 4.20. The Labute approximate surface area is 115 Å². The van der Waals surface area contributed by atoms with E-state index < -0.39 is 5.97 Å². The molecule has 0 bridgehead atoms. The highest BCUT2D eigenvalue weighted by atomic mass is 79.9. The van der Waals surface area contributed by atoms with Crippen LogP contribution in [0.1, 0.15) is 16.4 Å². The van der Waals surface area contributed by atoms with E-state index in [-0.39, 0.29) is 5.69 Å². The highest BCUT2D eigenvalue weighted by Gasteiger charge is 2.21. The lowest BCUT2D eigenvalue weighted by atomic mass is 10.1. The molecule has 0 aliphatic rings. The summed E-state index contributed by atoms with van der Waals surface area (Å²) in [5.41, 5.74) is 1.84. The topological polar surface area (TPSA) is 89.4 Å². The van der Waals surface area contributed by atoms with Crippen molar-refractivity contribution in [3.8, 4) is 11.3 Å². The minimum Gasteiger partial charge on any atom is -0.476 e. The first-order chi connectivity index (χ1) is 9.06. The Kier molecular flexibility index (Phi) is 2.63. The van der Waals surface area contributed by atoms with E-state index in [2.05, 4.69) is 26.1 Å². The second-order valence-corrected chi connectivity index (χ2v) is 4.69. The quantitative estimate of drug-likeness (QED) is 0.778. The van der Waals surface area contributed by atoms with Crippen LogP contribution in [0.3, 0.4) is 0 Å². The number of oxazole rings is 1. The molecule has 3 aromatic rings. The Morgan fingerprint density at radius 3 is 2.89 bits per heavy atom. The van der Waals surface area contributed by atoms with E-state index in [1.807, 2.05) is 0 Å². The number of benzene rings is 1. The molecule has 19 heavy (non-hydrogen) atoms. The van der Waals surface area contributed by atoms with Crippen LogP contribution in [-0.2, 0) is 0 Å². The van der Waals surface area contributed by atoms with Crippen molar-refractivity contribution in [2.75, 3.05) is 0 Å². The lowest BCUT2D eigenvalue weighted by Crippen LogP contribution is -1.96. The van der Waals surface area contributed by atoms with Crippen LogP contribution in [0.2, 0.25) is 0 Å². The minimum atomic E-state index is -1.15. The maximum absolute atomic E-state index is 10.9. The number of aryl methyl sites for hydroxylation is 1. The molecule has 0 amide bonds. The molecular weight excluding hydrogens is 316 g/mol. The Balaban J connectivity index is 2.16. The summed E-state index contributed by atoms with van der Waals surface area (Å²) in [6, 6.07) is 5.27. The highest BCUT2D eigenvalue weighted by Crippen LogP contribution is 2.32. The molecule has 0 radical (unpaired) electrons. The van der Waals surface area contributed by atoms with E-state index in [9.17, 15) is 4.79 Å². The molecule has 6 nitrogen and oxygen atoms in total. The van der Waals surface area contributed by atoms with Gasteiger partial charge >= 0.3 is 5.97 Å². The number of carbonyl (C=O) groups is 1. The van der Waals surface area contributed by atoms with Crippen LogP contribution in [-0.4, -0.2) is 21.2 Å². The molecule has 0 saturated heterocycles. The molecule has 1 N–H and O–H groups in total. The summed E-state index contributed by atoms with van der Waals surface area (Å²) in [6.45, 7) is 1.76. The number of hydrogen-bond donors (Lipinski definition) is 1. The lowest BCUT2D eigenvalue weighted by molar-refractivity contribution is 0.0685. The fourth-order valence-electron chi connectivity index (χ4n) is 1.77. The number of aromatic carboxylic acids is 1. The van der Waals surface area contributed by atoms with E-state index in [1.54, 1.807) is 25.1 Å². The number of carboxylic acid groups (broad SMARTS) is 1. The maximum atomic E-state index is 10.9. The summed E-state index contributed by atoms with van der Waals surface area (Å²) in [5, 5.41) is 12.4. The summed E-state index contributed by atoms with van der Waals surface area (Å²) in [7, 11) is 0. The van der Waals surface area contributed by atoms with Crippen molar-refractivity contribution in [2.45, 2.75) is 6.92 Å². The van der Waals surface area contributed by atoms with Gasteiger partial charge < -0.3 is 14.0 Å². The molecule has 0 spiro atoms. The zero-order valence-electron chi connectivity index (χ0n) is 9.68. The third kappa shape index (κ3) is 1.91. The fraction of sp³-hybridized carbons (Fsp3) is 0.0833. The van der Waals surface area contributed by atoms with Crippen molar-refractivity contribution in [1.82, 2.24) is 10.1 Å². The van der Waals surface area contributed by atoms with Crippen LogP contribution < -0.4 is 0 Å². The van der Waals surface area contributed by atoms with Crippen molar-refractivity contribution in [3.63, 3.8) is 0 Å². The maximum Gasteiger partial charge on any atom is 0.359 e. The first-order valence-electron chi connectivity index (χ1n) is 5.32. The first kappa shape index (κ1) is 11.9. The fourth-order valence-corrected chi connectivity index (χ4v) is 2.32. The number of carboxylic acids is 1. The van der Waals surface area contributed by atoms with Crippen LogP contribution in [0.4, 0.5) is 0 Å². The Morgan fingerprint density at radius 1 is 1.42 bits per heavy atom. The van der Waals surface area contributed by atoms with Gasteiger partial charge in [-0.3, -0.25) is 0 Å². The first-order valence-corrected chi connectivity index (χ1v) is 6.11. The predicted molar refractivity (Wildman–Crippen MR) is 68.9 cm³/mol. The average molecular weight is 323 g/mol. The average Bonchev–Trinajstić information content (AvgIpc) is 2.89. The number of rotatable bonds is 2. The van der Waals surface area contributed by atoms with E-state index in [0.29, 0.717) is 27.3 Å². The summed E-state index contributed by atoms with van der Waals surface area (Å²) in [4.78, 5) is 15.1. The molecule has 2 heterocycles. The van der Waals surface area contributed by atoms with Gasteiger partial charge in [0.25, 0.3) is 0 Å². The van der Waals surface area contributed by atoms with Crippen molar-refractivity contribution >= 4 is 33.0 Å². The summed E-state index contributed by atoms with van der Waals surface area (Å²) in [5.74, 6) is -0.248. The summed E-state index contributed by atoms with van der Waals surface area (Å²) in [6.07, 6.45) is 0. The van der Waals surface area contributed by atoms with Crippen LogP contribution in [0.15, 0.2) is 31.6 Å². The van der Waals surface area contributed by atoms with E-state index >= 15 is 0 Å². The molecule has 1 aromatic carbocycles. The summed E-state index contributed by atoms with van der Waals surface area (Å²) < 4.78 is 10.8. The molecule has 0 fully saturated rings. The molecule has 0 unspecified atom stereocenters. The van der Waals surface area contributed by atoms with E-state index in [1.165, 1.54) is 0 Å². The van der Waals surface area contributed by atoms with Crippen molar-refractivity contribution in [3.05, 3.63) is 34.3 Å². The number of hydrogen-bond acceptors (Lipinski definition) is 5. The van der Waals surface area contributed by atoms with Crippen molar-refractivity contribution in [2.24, 2.45) is 0 Å². The molecular formula is C12H7BrN2O4. The Bertz CT molecular complexity index is 790. The van der Waals surface area contributed by atoms with Gasteiger partial charge in [-0.05, 0) is 34.1 Å². The van der Waals surface area contributed by atoms with E-state index in [0.717, 1.165) is 5.52 Å². The SMILES string of the molecule is Cc1nc2ccc(-c3onc(C(=O)O)c3Br)cc2o1. The van der Waals surface area contributed by atoms with Crippen LogP contribution in [0, 0.1) is 6.92 Å². The molecule has 0 saturated carbocycles. The predicted octanol–water partition coefficient (Wildman–Crippen LogP) is 3.25. The third-order valence-electron chi connectivity index (χ3n) is 2.60. The van der Waals surface area contributed by atoms with Crippen molar-refractivity contribution in [1.29, 1.82) is 0 Å².